The van der Waals surface area contributed by atoms with Crippen LogP contribution in [0.1, 0.15) is 11.1 Å². The number of nitrogens with zero attached hydrogens (tertiary/aromatic N) is 2. The first-order valence-electron chi connectivity index (χ1n) is 4.68. The summed E-state index contributed by atoms with van der Waals surface area (Å²) in [7, 11) is 0. The molecule has 5 heteroatoms. The van der Waals surface area contributed by atoms with E-state index in [1.54, 1.807) is 6.07 Å². The lowest BCUT2D eigenvalue weighted by atomic mass is 10.1. The van der Waals surface area contributed by atoms with Crippen molar-refractivity contribution in [3.05, 3.63) is 29.3 Å². The van der Waals surface area contributed by atoms with E-state index in [4.69, 9.17) is 20.7 Å². The van der Waals surface area contributed by atoms with Gasteiger partial charge in [-0.1, -0.05) is 0 Å². The zero-order valence-electron chi connectivity index (χ0n) is 8.51. The summed E-state index contributed by atoms with van der Waals surface area (Å²) in [5.41, 5.74) is 1.23. The number of hydrogen-bond acceptors (Lipinski definition) is 5. The SMILES string of the molecule is N#Cc1ccc(NC[C@H](O)CO)cc1C#N. The minimum Gasteiger partial charge on any atom is -0.394 e. The highest BCUT2D eigenvalue weighted by molar-refractivity contribution is 5.56. The van der Waals surface area contributed by atoms with Gasteiger partial charge in [0.2, 0.25) is 0 Å². The molecular formula is C11H11N3O2. The molecule has 0 aromatic heterocycles. The van der Waals surface area contributed by atoms with Crippen molar-refractivity contribution in [2.24, 2.45) is 0 Å². The molecule has 0 aliphatic heterocycles. The molecule has 3 N–H and O–H groups in total. The zero-order valence-corrected chi connectivity index (χ0v) is 8.51. The second-order valence-electron chi connectivity index (χ2n) is 3.20. The number of aliphatic hydroxyl groups excluding tert-OH is 2. The van der Waals surface area contributed by atoms with E-state index in [0.29, 0.717) is 11.3 Å². The molecule has 1 aromatic carbocycles. The van der Waals surface area contributed by atoms with Gasteiger partial charge in [0.15, 0.2) is 0 Å². The Labute approximate surface area is 93.2 Å². The van der Waals surface area contributed by atoms with Crippen LogP contribution >= 0.6 is 0 Å². The summed E-state index contributed by atoms with van der Waals surface area (Å²) in [5.74, 6) is 0. The first kappa shape index (κ1) is 12.0. The van der Waals surface area contributed by atoms with Crippen LogP contribution in [0, 0.1) is 22.7 Å². The summed E-state index contributed by atoms with van der Waals surface area (Å²) in [5, 5.41) is 38.1. The van der Waals surface area contributed by atoms with E-state index in [2.05, 4.69) is 5.32 Å². The molecule has 82 valence electrons. The van der Waals surface area contributed by atoms with Crippen LogP contribution in [0.3, 0.4) is 0 Å². The molecule has 0 fully saturated rings. The van der Waals surface area contributed by atoms with Crippen molar-refractivity contribution in [2.45, 2.75) is 6.10 Å². The molecule has 5 nitrogen and oxygen atoms in total. The molecule has 1 atom stereocenters. The molecule has 0 radical (unpaired) electrons. The molecule has 0 bridgehead atoms. The summed E-state index contributed by atoms with van der Waals surface area (Å²) in [6.07, 6.45) is -0.846. The Bertz CT molecular complexity index is 446. The van der Waals surface area contributed by atoms with Crippen molar-refractivity contribution in [2.75, 3.05) is 18.5 Å². The molecule has 0 spiro atoms. The number of rotatable bonds is 4. The summed E-state index contributed by atoms with van der Waals surface area (Å²) in [4.78, 5) is 0. The van der Waals surface area contributed by atoms with Gasteiger partial charge in [0.05, 0.1) is 23.8 Å². The second kappa shape index (κ2) is 5.72. The first-order chi connectivity index (χ1) is 7.71. The van der Waals surface area contributed by atoms with Crippen molar-refractivity contribution in [3.8, 4) is 12.1 Å². The number of anilines is 1. The Balaban J connectivity index is 2.77. The van der Waals surface area contributed by atoms with Gasteiger partial charge in [0.1, 0.15) is 12.1 Å². The third-order valence-electron chi connectivity index (χ3n) is 2.01. The lowest BCUT2D eigenvalue weighted by molar-refractivity contribution is 0.105. The van der Waals surface area contributed by atoms with Crippen LogP contribution in [-0.4, -0.2) is 29.5 Å². The molecule has 1 rings (SSSR count). The van der Waals surface area contributed by atoms with Gasteiger partial charge < -0.3 is 15.5 Å². The zero-order chi connectivity index (χ0) is 12.0. The number of aliphatic hydroxyl groups is 2. The normalized spacial score (nSPS) is 11.2. The van der Waals surface area contributed by atoms with Gasteiger partial charge in [-0.25, -0.2) is 0 Å². The molecule has 0 amide bonds. The van der Waals surface area contributed by atoms with Crippen LogP contribution in [0.5, 0.6) is 0 Å². The van der Waals surface area contributed by atoms with Crippen LogP contribution in [0.15, 0.2) is 18.2 Å². The Morgan fingerprint density at radius 3 is 2.50 bits per heavy atom. The topological polar surface area (TPSA) is 100 Å². The Morgan fingerprint density at radius 1 is 1.25 bits per heavy atom. The molecule has 1 aromatic rings. The van der Waals surface area contributed by atoms with Crippen LogP contribution < -0.4 is 5.32 Å². The molecular weight excluding hydrogens is 206 g/mol. The van der Waals surface area contributed by atoms with E-state index < -0.39 is 6.10 Å². The predicted molar refractivity (Wildman–Crippen MR) is 57.5 cm³/mol. The molecule has 0 saturated heterocycles. The fraction of sp³-hybridized carbons (Fsp3) is 0.273. The van der Waals surface area contributed by atoms with Gasteiger partial charge in [-0.2, -0.15) is 10.5 Å². The van der Waals surface area contributed by atoms with Crippen molar-refractivity contribution in [3.63, 3.8) is 0 Å². The minimum absolute atomic E-state index is 0.188. The van der Waals surface area contributed by atoms with Crippen molar-refractivity contribution >= 4 is 5.69 Å². The van der Waals surface area contributed by atoms with Gasteiger partial charge in [-0.3, -0.25) is 0 Å². The van der Waals surface area contributed by atoms with Crippen LogP contribution in [0.25, 0.3) is 0 Å². The molecule has 0 heterocycles. The fourth-order valence-electron chi connectivity index (χ4n) is 1.14. The summed E-state index contributed by atoms with van der Waals surface area (Å²) in [6.45, 7) is -0.137. The first-order valence-corrected chi connectivity index (χ1v) is 4.68. The average molecular weight is 217 g/mol. The molecule has 0 aliphatic rings. The average Bonchev–Trinajstić information content (AvgIpc) is 2.35. The maximum Gasteiger partial charge on any atom is 0.101 e. The number of benzene rings is 1. The molecule has 0 aliphatic carbocycles. The van der Waals surface area contributed by atoms with Crippen LogP contribution in [0.4, 0.5) is 5.69 Å². The minimum atomic E-state index is -0.846. The lowest BCUT2D eigenvalue weighted by Gasteiger charge is -2.10. The summed E-state index contributed by atoms with van der Waals surface area (Å²) < 4.78 is 0. The van der Waals surface area contributed by atoms with E-state index in [-0.39, 0.29) is 18.7 Å². The van der Waals surface area contributed by atoms with Crippen molar-refractivity contribution in [1.82, 2.24) is 0 Å². The Kier molecular flexibility index (Phi) is 4.28. The maximum absolute atomic E-state index is 9.12. The maximum atomic E-state index is 9.12. The fourth-order valence-corrected chi connectivity index (χ4v) is 1.14. The number of nitriles is 2. The van der Waals surface area contributed by atoms with Gasteiger partial charge >= 0.3 is 0 Å². The number of nitrogens with one attached hydrogen (secondary N) is 1. The predicted octanol–water partition coefficient (Wildman–Crippen LogP) is 0.195. The number of hydrogen-bond donors (Lipinski definition) is 3. The quantitative estimate of drug-likeness (QED) is 0.668. The van der Waals surface area contributed by atoms with Crippen LogP contribution in [0.2, 0.25) is 0 Å². The van der Waals surface area contributed by atoms with E-state index in [1.165, 1.54) is 12.1 Å². The molecule has 0 saturated carbocycles. The molecule has 0 unspecified atom stereocenters. The highest BCUT2D eigenvalue weighted by Crippen LogP contribution is 2.14. The molecule has 16 heavy (non-hydrogen) atoms. The van der Waals surface area contributed by atoms with Crippen molar-refractivity contribution in [1.29, 1.82) is 10.5 Å². The standard InChI is InChI=1S/C11H11N3O2/c12-4-8-1-2-10(3-9(8)5-13)14-6-11(16)7-15/h1-3,11,14-16H,6-7H2/t11-/m0/s1. The van der Waals surface area contributed by atoms with Gasteiger partial charge in [-0.15, -0.1) is 0 Å². The van der Waals surface area contributed by atoms with Crippen molar-refractivity contribution < 1.29 is 10.2 Å². The Morgan fingerprint density at radius 2 is 1.94 bits per heavy atom. The highest BCUT2D eigenvalue weighted by atomic mass is 16.3. The van der Waals surface area contributed by atoms with Gasteiger partial charge in [0, 0.05) is 12.2 Å². The van der Waals surface area contributed by atoms with E-state index >= 15 is 0 Å². The third kappa shape index (κ3) is 2.96. The van der Waals surface area contributed by atoms with Gasteiger partial charge in [-0.05, 0) is 18.2 Å². The third-order valence-corrected chi connectivity index (χ3v) is 2.01. The van der Waals surface area contributed by atoms with Gasteiger partial charge in [0.25, 0.3) is 0 Å². The summed E-state index contributed by atoms with van der Waals surface area (Å²) in [6, 6.07) is 8.53. The smallest absolute Gasteiger partial charge is 0.101 e. The second-order valence-corrected chi connectivity index (χ2v) is 3.20. The lowest BCUT2D eigenvalue weighted by Crippen LogP contribution is -2.22. The largest absolute Gasteiger partial charge is 0.394 e. The van der Waals surface area contributed by atoms with E-state index in [0.717, 1.165) is 0 Å². The Hall–Kier alpha value is -2.08. The summed E-state index contributed by atoms with van der Waals surface area (Å²) >= 11 is 0. The van der Waals surface area contributed by atoms with Crippen LogP contribution in [-0.2, 0) is 0 Å². The van der Waals surface area contributed by atoms with E-state index in [1.807, 2.05) is 12.1 Å². The monoisotopic (exact) mass is 217 g/mol. The highest BCUT2D eigenvalue weighted by Gasteiger charge is 2.04. The van der Waals surface area contributed by atoms with E-state index in [9.17, 15) is 0 Å².